The number of rotatable bonds is 6. The Balaban J connectivity index is 0.000000470. The molecule has 0 radical (unpaired) electrons. The number of aliphatic hydroxyl groups is 1. The van der Waals surface area contributed by atoms with Gasteiger partial charge in [-0.05, 0) is 58.6 Å². The van der Waals surface area contributed by atoms with Gasteiger partial charge in [0.15, 0.2) is 0 Å². The third-order valence-corrected chi connectivity index (χ3v) is 4.85. The van der Waals surface area contributed by atoms with Gasteiger partial charge in [0.25, 0.3) is 0 Å². The van der Waals surface area contributed by atoms with Gasteiger partial charge in [0.05, 0.1) is 17.0 Å². The third kappa shape index (κ3) is 13.6. The number of aryl methyl sites for hydroxylation is 2. The summed E-state index contributed by atoms with van der Waals surface area (Å²) in [6, 6.07) is 1.85. The van der Waals surface area contributed by atoms with Crippen molar-refractivity contribution in [2.75, 3.05) is 0 Å². The molecule has 5 heteroatoms. The van der Waals surface area contributed by atoms with Crippen LogP contribution in [0.4, 0.5) is 5.69 Å². The highest BCUT2D eigenvalue weighted by atomic mass is 35.5. The molecule has 0 saturated heterocycles. The molecule has 1 aliphatic rings. The number of nitrogens with zero attached hydrogens (tertiary/aromatic N) is 2. The van der Waals surface area contributed by atoms with Gasteiger partial charge < -0.3 is 5.11 Å². The highest BCUT2D eigenvalue weighted by Gasteiger charge is 2.15. The molecule has 0 aromatic carbocycles. The average molecular weight is 425 g/mol. The zero-order valence-electron chi connectivity index (χ0n) is 19.7. The molecule has 0 atom stereocenters. The van der Waals surface area contributed by atoms with Crippen LogP contribution in [0.25, 0.3) is 0 Å². The molecule has 29 heavy (non-hydrogen) atoms. The van der Waals surface area contributed by atoms with Crippen molar-refractivity contribution >= 4 is 28.8 Å². The van der Waals surface area contributed by atoms with Crippen LogP contribution in [0.5, 0.6) is 0 Å². The molecular formula is C24H41ClN2O2. The number of halogens is 1. The minimum atomic E-state index is -0.826. The van der Waals surface area contributed by atoms with Gasteiger partial charge in [-0.3, -0.25) is 9.79 Å². The number of pyridine rings is 1. The van der Waals surface area contributed by atoms with Crippen LogP contribution in [0.1, 0.15) is 97.7 Å². The summed E-state index contributed by atoms with van der Waals surface area (Å²) in [4.78, 5) is 19.5. The number of carbonyl (C=O) groups excluding carboxylic acids is 1. The van der Waals surface area contributed by atoms with Crippen LogP contribution < -0.4 is 0 Å². The van der Waals surface area contributed by atoms with E-state index in [4.69, 9.17) is 16.7 Å². The van der Waals surface area contributed by atoms with Gasteiger partial charge in [0, 0.05) is 18.6 Å². The Kier molecular flexibility index (Phi) is 13.3. The maximum absolute atomic E-state index is 10.7. The molecule has 4 nitrogen and oxygen atoms in total. The second-order valence-electron chi connectivity index (χ2n) is 8.71. The van der Waals surface area contributed by atoms with Crippen LogP contribution >= 0.6 is 11.6 Å². The molecule has 0 unspecified atom stereocenters. The van der Waals surface area contributed by atoms with Crippen molar-refractivity contribution in [3.05, 3.63) is 22.5 Å². The molecule has 0 aliphatic heterocycles. The number of aliphatic imine (C=N–C) groups is 1. The first-order valence-electron chi connectivity index (χ1n) is 10.8. The fraction of sp³-hybridized carbons (Fsp3) is 0.708. The Morgan fingerprint density at radius 2 is 1.86 bits per heavy atom. The minimum Gasteiger partial charge on any atom is -0.390 e. The van der Waals surface area contributed by atoms with E-state index in [1.54, 1.807) is 20.8 Å². The van der Waals surface area contributed by atoms with Gasteiger partial charge in [-0.15, -0.1) is 0 Å². The lowest BCUT2D eigenvalue weighted by molar-refractivity contribution is -0.122. The van der Waals surface area contributed by atoms with E-state index in [-0.39, 0.29) is 12.2 Å². The van der Waals surface area contributed by atoms with Crippen LogP contribution in [-0.4, -0.2) is 27.2 Å². The van der Waals surface area contributed by atoms with Crippen molar-refractivity contribution in [1.82, 2.24) is 4.98 Å². The van der Waals surface area contributed by atoms with Crippen LogP contribution in [0.2, 0.25) is 5.15 Å². The van der Waals surface area contributed by atoms with E-state index in [0.717, 1.165) is 41.4 Å². The Morgan fingerprint density at radius 1 is 1.31 bits per heavy atom. The summed E-state index contributed by atoms with van der Waals surface area (Å²) in [6.45, 7) is 15.5. The molecule has 166 valence electrons. The predicted molar refractivity (Wildman–Crippen MR) is 126 cm³/mol. The van der Waals surface area contributed by atoms with Gasteiger partial charge >= 0.3 is 0 Å². The number of carbonyl (C=O) groups is 1. The van der Waals surface area contributed by atoms with Gasteiger partial charge in [-0.2, -0.15) is 0 Å². The lowest BCUT2D eigenvalue weighted by atomic mass is 9.88. The molecule has 1 aromatic heterocycles. The van der Waals surface area contributed by atoms with Crippen LogP contribution in [-0.2, 0) is 4.79 Å². The van der Waals surface area contributed by atoms with E-state index < -0.39 is 5.60 Å². The van der Waals surface area contributed by atoms with E-state index in [0.29, 0.717) is 11.6 Å². The van der Waals surface area contributed by atoms with Crippen molar-refractivity contribution in [3.63, 3.8) is 0 Å². The second kappa shape index (κ2) is 13.9. The third-order valence-electron chi connectivity index (χ3n) is 4.66. The van der Waals surface area contributed by atoms with Gasteiger partial charge in [0.2, 0.25) is 0 Å². The molecule has 0 amide bonds. The fourth-order valence-electron chi connectivity index (χ4n) is 2.78. The molecule has 1 fully saturated rings. The van der Waals surface area contributed by atoms with Crippen molar-refractivity contribution < 1.29 is 9.90 Å². The van der Waals surface area contributed by atoms with Crippen molar-refractivity contribution in [2.24, 2.45) is 10.9 Å². The van der Waals surface area contributed by atoms with E-state index in [1.165, 1.54) is 19.3 Å². The average Bonchev–Trinajstić information content (AvgIpc) is 2.56. The summed E-state index contributed by atoms with van der Waals surface area (Å²) in [6.07, 6.45) is 7.39. The zero-order valence-corrected chi connectivity index (χ0v) is 20.5. The molecule has 1 aromatic rings. The summed E-state index contributed by atoms with van der Waals surface area (Å²) in [5, 5.41) is 9.64. The van der Waals surface area contributed by atoms with Crippen molar-refractivity contribution in [2.45, 2.75) is 106 Å². The number of hydrogen-bond acceptors (Lipinski definition) is 4. The monoisotopic (exact) mass is 424 g/mol. The van der Waals surface area contributed by atoms with E-state index in [2.05, 4.69) is 30.7 Å². The van der Waals surface area contributed by atoms with Gasteiger partial charge in [-0.1, -0.05) is 58.1 Å². The zero-order chi connectivity index (χ0) is 22.6. The van der Waals surface area contributed by atoms with Gasteiger partial charge in [-0.25, -0.2) is 4.98 Å². The quantitative estimate of drug-likeness (QED) is 0.388. The summed E-state index contributed by atoms with van der Waals surface area (Å²) in [5.74, 6) is 1.18. The molecule has 1 aliphatic carbocycles. The minimum absolute atomic E-state index is 0.113. The van der Waals surface area contributed by atoms with E-state index >= 15 is 0 Å². The number of hydrogen-bond donors (Lipinski definition) is 1. The predicted octanol–water partition coefficient (Wildman–Crippen LogP) is 7.18. The molecule has 0 spiro atoms. The van der Waals surface area contributed by atoms with Gasteiger partial charge in [0.1, 0.15) is 10.9 Å². The van der Waals surface area contributed by atoms with Crippen LogP contribution in [0.15, 0.2) is 11.1 Å². The summed E-state index contributed by atoms with van der Waals surface area (Å²) in [7, 11) is 0. The Bertz CT molecular complexity index is 636. The number of aromatic nitrogens is 1. The number of ketones is 1. The van der Waals surface area contributed by atoms with Crippen LogP contribution in [0.3, 0.4) is 0 Å². The molecular weight excluding hydrogens is 384 g/mol. The lowest BCUT2D eigenvalue weighted by Gasteiger charge is -2.18. The maximum Gasteiger partial charge on any atom is 0.135 e. The maximum atomic E-state index is 10.7. The van der Waals surface area contributed by atoms with Crippen LogP contribution in [0, 0.1) is 19.8 Å². The Morgan fingerprint density at radius 3 is 2.17 bits per heavy atom. The second-order valence-corrected chi connectivity index (χ2v) is 9.10. The summed E-state index contributed by atoms with van der Waals surface area (Å²) < 4.78 is 0. The fourth-order valence-corrected chi connectivity index (χ4v) is 3.07. The Hall–Kier alpha value is -1.26. The lowest BCUT2D eigenvalue weighted by Crippen LogP contribution is -2.22. The largest absolute Gasteiger partial charge is 0.390 e. The standard InChI is InChI=1S/C12H17ClN2.C7H14O2.C5H10/c1-5-6-9(3)14-12-8(2)7-11(13)15-10(12)4;1-4-6(8)5-7(2,3)9;1-5-3-2-4-5/h7H,5-6H2,1-4H3;9H,4-5H2,1-3H3;5H,2-4H2,1H3. The van der Waals surface area contributed by atoms with Crippen molar-refractivity contribution in [3.8, 4) is 0 Å². The topological polar surface area (TPSA) is 62.5 Å². The summed E-state index contributed by atoms with van der Waals surface area (Å²) >= 11 is 5.86. The highest BCUT2D eigenvalue weighted by Crippen LogP contribution is 2.25. The first-order valence-corrected chi connectivity index (χ1v) is 11.2. The smallest absolute Gasteiger partial charge is 0.135 e. The SMILES string of the molecule is CC1CCC1.CCC(=O)CC(C)(C)O.CCCC(C)=Nc1c(C)cc(Cl)nc1C. The highest BCUT2D eigenvalue weighted by molar-refractivity contribution is 6.29. The van der Waals surface area contributed by atoms with E-state index in [9.17, 15) is 4.79 Å². The summed E-state index contributed by atoms with van der Waals surface area (Å²) in [5.41, 5.74) is 3.27. The number of Topliss-reactive ketones (excluding diaryl/α,β-unsaturated/α-hetero) is 1. The first kappa shape index (κ1) is 27.7. The normalized spacial score (nSPS) is 14.2. The molecule has 1 N–H and O–H groups in total. The Labute approximate surface area is 183 Å². The first-order chi connectivity index (χ1) is 13.4. The molecule has 1 saturated carbocycles. The molecule has 1 heterocycles. The molecule has 0 bridgehead atoms. The van der Waals surface area contributed by atoms with E-state index in [1.807, 2.05) is 19.9 Å². The van der Waals surface area contributed by atoms with Crippen molar-refractivity contribution in [1.29, 1.82) is 0 Å². The molecule has 2 rings (SSSR count).